The molecule has 3 heteroatoms. The molecule has 11 heavy (non-hydrogen) atoms. The van der Waals surface area contributed by atoms with Gasteiger partial charge < -0.3 is 5.41 Å². The molecule has 0 radical (unpaired) electrons. The van der Waals surface area contributed by atoms with E-state index in [9.17, 15) is 0 Å². The number of rotatable bonds is 2. The van der Waals surface area contributed by atoms with Crippen LogP contribution in [0.15, 0.2) is 30.3 Å². The van der Waals surface area contributed by atoms with Gasteiger partial charge in [-0.1, -0.05) is 30.3 Å². The molecule has 0 spiro atoms. The second-order valence-corrected chi connectivity index (χ2v) is 1.76. The Morgan fingerprint density at radius 1 is 1.27 bits per heavy atom. The van der Waals surface area contributed by atoms with E-state index in [-0.39, 0.29) is 6.61 Å². The van der Waals surface area contributed by atoms with E-state index in [0.717, 1.165) is 5.56 Å². The van der Waals surface area contributed by atoms with Crippen molar-refractivity contribution in [3.05, 3.63) is 35.9 Å². The highest BCUT2D eigenvalue weighted by Crippen LogP contribution is 1.98. The van der Waals surface area contributed by atoms with Crippen LogP contribution in [0.25, 0.3) is 0 Å². The summed E-state index contributed by atoms with van der Waals surface area (Å²) < 4.78 is 0. The fourth-order valence-electron chi connectivity index (χ4n) is 0.649. The van der Waals surface area contributed by atoms with Crippen LogP contribution in [-0.4, -0.2) is 12.0 Å². The van der Waals surface area contributed by atoms with E-state index < -0.39 is 0 Å². The van der Waals surface area contributed by atoms with E-state index in [4.69, 9.17) is 10.7 Å². The van der Waals surface area contributed by atoms with Crippen molar-refractivity contribution in [3.63, 3.8) is 0 Å². The third kappa shape index (κ3) is 4.25. The van der Waals surface area contributed by atoms with Gasteiger partial charge in [0.15, 0.2) is 0 Å². The maximum Gasteiger partial charge on any atom is 0.107 e. The first kappa shape index (κ1) is 9.81. The van der Waals surface area contributed by atoms with Gasteiger partial charge in [-0.05, 0) is 12.3 Å². The van der Waals surface area contributed by atoms with Crippen molar-refractivity contribution < 1.29 is 10.1 Å². The molecule has 0 atom stereocenters. The van der Waals surface area contributed by atoms with Crippen LogP contribution in [0.4, 0.5) is 0 Å². The van der Waals surface area contributed by atoms with Gasteiger partial charge in [-0.15, -0.1) is 0 Å². The third-order valence-corrected chi connectivity index (χ3v) is 1.07. The Morgan fingerprint density at radius 3 is 2.27 bits per heavy atom. The Morgan fingerprint density at radius 2 is 1.82 bits per heavy atom. The average Bonchev–Trinajstić information content (AvgIpc) is 2.11. The van der Waals surface area contributed by atoms with E-state index in [1.165, 1.54) is 0 Å². The SMILES string of the molecule is C=N.OOCc1ccccc1. The smallest absolute Gasteiger partial charge is 0.107 e. The predicted octanol–water partition coefficient (Wildman–Crippen LogP) is 1.94. The molecule has 0 saturated heterocycles. The first-order chi connectivity index (χ1) is 5.43. The molecule has 0 heterocycles. The molecule has 0 aromatic heterocycles. The average molecular weight is 153 g/mol. The Balaban J connectivity index is 0.000000461. The molecule has 0 bridgehead atoms. The zero-order chi connectivity index (χ0) is 8.53. The van der Waals surface area contributed by atoms with Crippen LogP contribution in [0.2, 0.25) is 0 Å². The normalized spacial score (nSPS) is 8.09. The van der Waals surface area contributed by atoms with Gasteiger partial charge in [0.25, 0.3) is 0 Å². The van der Waals surface area contributed by atoms with Crippen molar-refractivity contribution in [2.45, 2.75) is 6.61 Å². The van der Waals surface area contributed by atoms with E-state index >= 15 is 0 Å². The van der Waals surface area contributed by atoms with Gasteiger partial charge in [0.1, 0.15) is 6.61 Å². The molecule has 60 valence electrons. The molecular formula is C8H11NO2. The summed E-state index contributed by atoms with van der Waals surface area (Å²) in [4.78, 5) is 3.93. The highest BCUT2D eigenvalue weighted by Gasteiger charge is 1.86. The maximum absolute atomic E-state index is 8.02. The summed E-state index contributed by atoms with van der Waals surface area (Å²) >= 11 is 0. The summed E-state index contributed by atoms with van der Waals surface area (Å²) in [6.45, 7) is 2.76. The van der Waals surface area contributed by atoms with Crippen LogP contribution in [-0.2, 0) is 11.5 Å². The van der Waals surface area contributed by atoms with Crippen molar-refractivity contribution in [2.75, 3.05) is 0 Å². The molecule has 0 aliphatic heterocycles. The van der Waals surface area contributed by atoms with Crippen molar-refractivity contribution >= 4 is 6.72 Å². The van der Waals surface area contributed by atoms with Crippen molar-refractivity contribution in [3.8, 4) is 0 Å². The van der Waals surface area contributed by atoms with Crippen LogP contribution in [0, 0.1) is 5.41 Å². The molecule has 0 fully saturated rings. The second-order valence-electron chi connectivity index (χ2n) is 1.76. The quantitative estimate of drug-likeness (QED) is 0.387. The first-order valence-corrected chi connectivity index (χ1v) is 3.09. The number of hydrogen-bond donors (Lipinski definition) is 2. The minimum absolute atomic E-state index is 0.265. The number of nitrogens with one attached hydrogen (secondary N) is 1. The van der Waals surface area contributed by atoms with Crippen molar-refractivity contribution in [1.29, 1.82) is 5.41 Å². The fraction of sp³-hybridized carbons (Fsp3) is 0.125. The van der Waals surface area contributed by atoms with E-state index in [1.807, 2.05) is 30.3 Å². The summed E-state index contributed by atoms with van der Waals surface area (Å²) in [7, 11) is 0. The second kappa shape index (κ2) is 6.92. The molecule has 0 aliphatic rings. The molecule has 3 nitrogen and oxygen atoms in total. The van der Waals surface area contributed by atoms with Crippen LogP contribution in [0.3, 0.4) is 0 Å². The molecule has 2 N–H and O–H groups in total. The molecule has 0 saturated carbocycles. The predicted molar refractivity (Wildman–Crippen MR) is 43.7 cm³/mol. The lowest BCUT2D eigenvalue weighted by Crippen LogP contribution is -1.84. The minimum atomic E-state index is 0.265. The minimum Gasteiger partial charge on any atom is -0.317 e. The monoisotopic (exact) mass is 153 g/mol. The summed E-state index contributed by atoms with van der Waals surface area (Å²) in [6.07, 6.45) is 0. The zero-order valence-electron chi connectivity index (χ0n) is 6.16. The highest BCUT2D eigenvalue weighted by atomic mass is 17.1. The highest BCUT2D eigenvalue weighted by molar-refractivity contribution is 5.15. The van der Waals surface area contributed by atoms with Crippen LogP contribution < -0.4 is 0 Å². The third-order valence-electron chi connectivity index (χ3n) is 1.07. The Bertz CT molecular complexity index is 177. The van der Waals surface area contributed by atoms with E-state index in [0.29, 0.717) is 0 Å². The van der Waals surface area contributed by atoms with E-state index in [2.05, 4.69) is 11.6 Å². The molecule has 0 unspecified atom stereocenters. The van der Waals surface area contributed by atoms with Gasteiger partial charge >= 0.3 is 0 Å². The number of benzene rings is 1. The standard InChI is InChI=1S/C7H8O2.CH3N/c8-9-6-7-4-2-1-3-5-7;1-2/h1-5,8H,6H2;2H,1H2. The largest absolute Gasteiger partial charge is 0.317 e. The Hall–Kier alpha value is -1.19. The van der Waals surface area contributed by atoms with Crippen LogP contribution >= 0.6 is 0 Å². The summed E-state index contributed by atoms with van der Waals surface area (Å²) in [5.74, 6) is 0. The van der Waals surface area contributed by atoms with E-state index in [1.54, 1.807) is 0 Å². The lowest BCUT2D eigenvalue weighted by Gasteiger charge is -1.93. The van der Waals surface area contributed by atoms with Gasteiger partial charge in [0, 0.05) is 0 Å². The molecular weight excluding hydrogens is 142 g/mol. The van der Waals surface area contributed by atoms with Crippen LogP contribution in [0.1, 0.15) is 5.56 Å². The van der Waals surface area contributed by atoms with Crippen molar-refractivity contribution in [2.24, 2.45) is 0 Å². The van der Waals surface area contributed by atoms with Gasteiger partial charge in [-0.25, -0.2) is 4.89 Å². The number of hydrogen-bond acceptors (Lipinski definition) is 3. The molecule has 1 aromatic rings. The summed E-state index contributed by atoms with van der Waals surface area (Å²) in [5, 5.41) is 13.5. The van der Waals surface area contributed by atoms with Gasteiger partial charge in [0.05, 0.1) is 0 Å². The summed E-state index contributed by atoms with van der Waals surface area (Å²) in [6, 6.07) is 9.48. The van der Waals surface area contributed by atoms with Gasteiger partial charge in [-0.3, -0.25) is 5.26 Å². The lowest BCUT2D eigenvalue weighted by molar-refractivity contribution is -0.253. The molecule has 1 aromatic carbocycles. The fourth-order valence-corrected chi connectivity index (χ4v) is 0.649. The topological polar surface area (TPSA) is 53.3 Å². The van der Waals surface area contributed by atoms with Gasteiger partial charge in [0.2, 0.25) is 0 Å². The maximum atomic E-state index is 8.02. The molecule has 1 rings (SSSR count). The van der Waals surface area contributed by atoms with Gasteiger partial charge in [-0.2, -0.15) is 0 Å². The van der Waals surface area contributed by atoms with Crippen LogP contribution in [0.5, 0.6) is 0 Å². The molecule has 0 aliphatic carbocycles. The summed E-state index contributed by atoms with van der Waals surface area (Å²) in [5.41, 5.74) is 0.972. The zero-order valence-corrected chi connectivity index (χ0v) is 6.16. The lowest BCUT2D eigenvalue weighted by atomic mass is 10.2. The Labute approximate surface area is 65.7 Å². The molecule has 0 amide bonds. The first-order valence-electron chi connectivity index (χ1n) is 3.09. The Kier molecular flexibility index (Phi) is 6.17. The van der Waals surface area contributed by atoms with Crippen molar-refractivity contribution in [1.82, 2.24) is 0 Å².